The van der Waals surface area contributed by atoms with Crippen molar-refractivity contribution >= 4 is 17.6 Å². The van der Waals surface area contributed by atoms with E-state index >= 15 is 0 Å². The second-order valence-corrected chi connectivity index (χ2v) is 3.54. The van der Waals surface area contributed by atoms with Crippen molar-refractivity contribution in [2.75, 3.05) is 20.3 Å². The molecule has 0 saturated heterocycles. The van der Waals surface area contributed by atoms with Gasteiger partial charge in [0.05, 0.1) is 12.2 Å². The number of benzene rings is 1. The van der Waals surface area contributed by atoms with Crippen LogP contribution >= 0.6 is 11.6 Å². The Kier molecular flexibility index (Phi) is 5.22. The Balaban J connectivity index is 2.55. The Morgan fingerprint density at radius 1 is 1.44 bits per heavy atom. The van der Waals surface area contributed by atoms with Crippen molar-refractivity contribution in [3.63, 3.8) is 0 Å². The zero-order valence-electron chi connectivity index (χ0n) is 8.83. The average molecular weight is 247 g/mol. The molecule has 5 heteroatoms. The van der Waals surface area contributed by atoms with Crippen LogP contribution in [0.5, 0.6) is 0 Å². The summed E-state index contributed by atoms with van der Waals surface area (Å²) in [5, 5.41) is 0.297. The minimum Gasteiger partial charge on any atom is -0.462 e. The first-order valence-electron chi connectivity index (χ1n) is 4.76. The van der Waals surface area contributed by atoms with Gasteiger partial charge in [0.2, 0.25) is 0 Å². The van der Waals surface area contributed by atoms with Crippen molar-refractivity contribution in [2.45, 2.75) is 6.42 Å². The molecule has 0 aliphatic rings. The van der Waals surface area contributed by atoms with E-state index in [1.807, 2.05) is 0 Å². The smallest absolute Gasteiger partial charge is 0.341 e. The molecule has 0 bridgehead atoms. The van der Waals surface area contributed by atoms with Gasteiger partial charge in [0.1, 0.15) is 5.82 Å². The molecule has 0 aromatic heterocycles. The van der Waals surface area contributed by atoms with Crippen LogP contribution in [-0.4, -0.2) is 26.3 Å². The molecule has 0 spiro atoms. The fraction of sp³-hybridized carbons (Fsp3) is 0.364. The van der Waals surface area contributed by atoms with Crippen molar-refractivity contribution in [1.82, 2.24) is 0 Å². The minimum atomic E-state index is -0.712. The van der Waals surface area contributed by atoms with Gasteiger partial charge in [-0.15, -0.1) is 0 Å². The average Bonchev–Trinajstić information content (AvgIpc) is 2.27. The molecule has 0 amide bonds. The fourth-order valence-corrected chi connectivity index (χ4v) is 1.27. The topological polar surface area (TPSA) is 35.5 Å². The summed E-state index contributed by atoms with van der Waals surface area (Å²) in [6.07, 6.45) is 0.574. The van der Waals surface area contributed by atoms with E-state index in [0.29, 0.717) is 18.1 Å². The van der Waals surface area contributed by atoms with E-state index < -0.39 is 11.8 Å². The molecule has 3 nitrogen and oxygen atoms in total. The lowest BCUT2D eigenvalue weighted by molar-refractivity contribution is 0.0463. The number of rotatable bonds is 5. The molecule has 0 atom stereocenters. The standard InChI is InChI=1S/C11H12ClFO3/c1-15-5-2-6-16-11(14)9-7-8(12)3-4-10(9)13/h3-4,7H,2,5-6H2,1H3. The van der Waals surface area contributed by atoms with E-state index in [1.165, 1.54) is 12.1 Å². The van der Waals surface area contributed by atoms with Crippen LogP contribution in [0.15, 0.2) is 18.2 Å². The third kappa shape index (κ3) is 3.79. The number of carbonyl (C=O) groups is 1. The highest BCUT2D eigenvalue weighted by molar-refractivity contribution is 6.30. The molecule has 88 valence electrons. The molecule has 1 rings (SSSR count). The predicted octanol–water partition coefficient (Wildman–Crippen LogP) is 2.67. The number of methoxy groups -OCH3 is 1. The first-order valence-corrected chi connectivity index (χ1v) is 5.14. The van der Waals surface area contributed by atoms with Gasteiger partial charge in [-0.1, -0.05) is 11.6 Å². The van der Waals surface area contributed by atoms with E-state index in [-0.39, 0.29) is 12.2 Å². The Morgan fingerprint density at radius 2 is 2.19 bits per heavy atom. The Hall–Kier alpha value is -1.13. The van der Waals surface area contributed by atoms with E-state index in [4.69, 9.17) is 21.1 Å². The summed E-state index contributed by atoms with van der Waals surface area (Å²) >= 11 is 5.65. The fourth-order valence-electron chi connectivity index (χ4n) is 1.10. The number of halogens is 2. The van der Waals surface area contributed by atoms with Crippen LogP contribution in [0.25, 0.3) is 0 Å². The normalized spacial score (nSPS) is 10.2. The predicted molar refractivity (Wildman–Crippen MR) is 58.2 cm³/mol. The summed E-state index contributed by atoms with van der Waals surface area (Å²) < 4.78 is 22.8. The van der Waals surface area contributed by atoms with Gasteiger partial charge in [0.15, 0.2) is 0 Å². The van der Waals surface area contributed by atoms with Crippen molar-refractivity contribution in [3.05, 3.63) is 34.6 Å². The van der Waals surface area contributed by atoms with Gasteiger partial charge in [-0.05, 0) is 18.2 Å². The second-order valence-electron chi connectivity index (χ2n) is 3.11. The van der Waals surface area contributed by atoms with Crippen molar-refractivity contribution in [1.29, 1.82) is 0 Å². The summed E-state index contributed by atoms with van der Waals surface area (Å²) in [4.78, 5) is 11.4. The van der Waals surface area contributed by atoms with Gasteiger partial charge in [-0.2, -0.15) is 0 Å². The third-order valence-corrected chi connectivity index (χ3v) is 2.11. The van der Waals surface area contributed by atoms with Gasteiger partial charge in [-0.25, -0.2) is 9.18 Å². The second kappa shape index (κ2) is 6.45. The highest BCUT2D eigenvalue weighted by Gasteiger charge is 2.13. The molecule has 1 aromatic carbocycles. The van der Waals surface area contributed by atoms with Crippen LogP contribution in [0.1, 0.15) is 16.8 Å². The molecular formula is C11H12ClFO3. The first-order chi connectivity index (χ1) is 7.65. The summed E-state index contributed by atoms with van der Waals surface area (Å²) in [7, 11) is 1.55. The molecule has 0 radical (unpaired) electrons. The molecule has 0 N–H and O–H groups in total. The van der Waals surface area contributed by atoms with Crippen LogP contribution in [0.2, 0.25) is 5.02 Å². The molecule has 0 aliphatic carbocycles. The minimum absolute atomic E-state index is 0.148. The number of carbonyl (C=O) groups excluding carboxylic acids is 1. The molecule has 1 aromatic rings. The number of ether oxygens (including phenoxy) is 2. The summed E-state index contributed by atoms with van der Waals surface area (Å²) in [6.45, 7) is 0.684. The van der Waals surface area contributed by atoms with E-state index in [9.17, 15) is 9.18 Å². The maximum atomic E-state index is 13.2. The Bertz CT molecular complexity index is 368. The van der Waals surface area contributed by atoms with E-state index in [2.05, 4.69) is 0 Å². The maximum absolute atomic E-state index is 13.2. The van der Waals surface area contributed by atoms with Gasteiger partial charge < -0.3 is 9.47 Å². The van der Waals surface area contributed by atoms with Crippen LogP contribution in [0, 0.1) is 5.82 Å². The molecule has 0 saturated carbocycles. The highest BCUT2D eigenvalue weighted by Crippen LogP contribution is 2.15. The largest absolute Gasteiger partial charge is 0.462 e. The zero-order valence-corrected chi connectivity index (χ0v) is 9.59. The van der Waals surface area contributed by atoms with Gasteiger partial charge >= 0.3 is 5.97 Å². The zero-order chi connectivity index (χ0) is 12.0. The van der Waals surface area contributed by atoms with Crippen molar-refractivity contribution in [2.24, 2.45) is 0 Å². The maximum Gasteiger partial charge on any atom is 0.341 e. The third-order valence-electron chi connectivity index (χ3n) is 1.87. The van der Waals surface area contributed by atoms with Gasteiger partial charge in [-0.3, -0.25) is 0 Å². The molecule has 16 heavy (non-hydrogen) atoms. The van der Waals surface area contributed by atoms with Crippen LogP contribution in [0.4, 0.5) is 4.39 Å². The van der Waals surface area contributed by atoms with Crippen molar-refractivity contribution in [3.8, 4) is 0 Å². The first kappa shape index (κ1) is 12.9. The van der Waals surface area contributed by atoms with Crippen LogP contribution in [0.3, 0.4) is 0 Å². The number of hydrogen-bond acceptors (Lipinski definition) is 3. The summed E-state index contributed by atoms with van der Waals surface area (Å²) in [5.74, 6) is -1.35. The SMILES string of the molecule is COCCCOC(=O)c1cc(Cl)ccc1F. The molecule has 0 unspecified atom stereocenters. The molecule has 0 heterocycles. The molecular weight excluding hydrogens is 235 g/mol. The Morgan fingerprint density at radius 3 is 2.88 bits per heavy atom. The van der Waals surface area contributed by atoms with Crippen LogP contribution < -0.4 is 0 Å². The number of esters is 1. The number of hydrogen-bond donors (Lipinski definition) is 0. The van der Waals surface area contributed by atoms with E-state index in [0.717, 1.165) is 6.07 Å². The van der Waals surface area contributed by atoms with Gasteiger partial charge in [0, 0.05) is 25.2 Å². The molecule has 0 fully saturated rings. The van der Waals surface area contributed by atoms with Crippen molar-refractivity contribution < 1.29 is 18.7 Å². The lowest BCUT2D eigenvalue weighted by Crippen LogP contribution is -2.09. The lowest BCUT2D eigenvalue weighted by atomic mass is 10.2. The highest BCUT2D eigenvalue weighted by atomic mass is 35.5. The van der Waals surface area contributed by atoms with E-state index in [1.54, 1.807) is 7.11 Å². The lowest BCUT2D eigenvalue weighted by Gasteiger charge is -2.05. The summed E-state index contributed by atoms with van der Waals surface area (Å²) in [6, 6.07) is 3.75. The van der Waals surface area contributed by atoms with Crippen LogP contribution in [-0.2, 0) is 9.47 Å². The quantitative estimate of drug-likeness (QED) is 0.592. The monoisotopic (exact) mass is 246 g/mol. The van der Waals surface area contributed by atoms with Gasteiger partial charge in [0.25, 0.3) is 0 Å². The Labute approximate surface area is 98.1 Å². The molecule has 0 aliphatic heterocycles. The summed E-state index contributed by atoms with van der Waals surface area (Å²) in [5.41, 5.74) is -0.148.